The van der Waals surface area contributed by atoms with Gasteiger partial charge in [0.25, 0.3) is 0 Å². The third kappa shape index (κ3) is 9.72. The zero-order valence-electron chi connectivity index (χ0n) is 15.7. The average Bonchev–Trinajstić information content (AvgIpc) is 2.48. The minimum atomic E-state index is 0. The summed E-state index contributed by atoms with van der Waals surface area (Å²) in [4.78, 5) is 9.51. The molecule has 1 aliphatic rings. The number of nitrogens with one attached hydrogen (secondary N) is 1. The van der Waals surface area contributed by atoms with Crippen molar-refractivity contribution >= 4 is 29.9 Å². The zero-order chi connectivity index (χ0) is 16.4. The van der Waals surface area contributed by atoms with E-state index in [0.29, 0.717) is 5.92 Å². The quantitative estimate of drug-likeness (QED) is 0.358. The highest BCUT2D eigenvalue weighted by atomic mass is 127. The highest BCUT2D eigenvalue weighted by molar-refractivity contribution is 14.0. The van der Waals surface area contributed by atoms with Gasteiger partial charge in [0.1, 0.15) is 0 Å². The topological polar surface area (TPSA) is 40.1 Å². The van der Waals surface area contributed by atoms with Crippen molar-refractivity contribution in [2.45, 2.75) is 46.6 Å². The molecule has 0 amide bonds. The maximum atomic E-state index is 5.88. The number of morpholine rings is 1. The number of halogens is 1. The van der Waals surface area contributed by atoms with Gasteiger partial charge in [0, 0.05) is 39.8 Å². The standard InChI is InChI=1S/C17H36N4O.HI/c1-6-8-9-20(5)17(18-7-2)19-12-16-14-21(10-11-22-16)13-15(3)4;/h15-16H,6-14H2,1-5H3,(H,18,19);1H. The Hall–Kier alpha value is -0.0800. The van der Waals surface area contributed by atoms with Crippen LogP contribution in [0.2, 0.25) is 0 Å². The van der Waals surface area contributed by atoms with Crippen LogP contribution in [0.25, 0.3) is 0 Å². The second-order valence-corrected chi connectivity index (χ2v) is 6.62. The number of nitrogens with zero attached hydrogens (tertiary/aromatic N) is 3. The molecule has 0 spiro atoms. The van der Waals surface area contributed by atoms with E-state index in [4.69, 9.17) is 9.73 Å². The molecule has 0 aromatic heterocycles. The van der Waals surface area contributed by atoms with Crippen molar-refractivity contribution in [2.24, 2.45) is 10.9 Å². The van der Waals surface area contributed by atoms with Gasteiger partial charge in [-0.3, -0.25) is 9.89 Å². The Morgan fingerprint density at radius 3 is 2.74 bits per heavy atom. The van der Waals surface area contributed by atoms with Crippen molar-refractivity contribution in [3.63, 3.8) is 0 Å². The summed E-state index contributed by atoms with van der Waals surface area (Å²) in [5.74, 6) is 1.71. The molecule has 138 valence electrons. The number of aliphatic imine (C=N–C) groups is 1. The van der Waals surface area contributed by atoms with Gasteiger partial charge in [0.15, 0.2) is 5.96 Å². The maximum absolute atomic E-state index is 5.88. The Labute approximate surface area is 160 Å². The molecule has 1 heterocycles. The van der Waals surface area contributed by atoms with Gasteiger partial charge >= 0.3 is 0 Å². The van der Waals surface area contributed by atoms with Crippen LogP contribution in [0.15, 0.2) is 4.99 Å². The van der Waals surface area contributed by atoms with E-state index in [1.54, 1.807) is 0 Å². The molecule has 0 aromatic rings. The largest absolute Gasteiger partial charge is 0.374 e. The predicted octanol–water partition coefficient (Wildman–Crippen LogP) is 2.66. The van der Waals surface area contributed by atoms with Crippen LogP contribution in [0.1, 0.15) is 40.5 Å². The monoisotopic (exact) mass is 440 g/mol. The van der Waals surface area contributed by atoms with Gasteiger partial charge in [0.05, 0.1) is 19.3 Å². The third-order valence-electron chi connectivity index (χ3n) is 3.83. The summed E-state index contributed by atoms with van der Waals surface area (Å²) < 4.78 is 5.88. The first-order chi connectivity index (χ1) is 10.6. The van der Waals surface area contributed by atoms with Crippen molar-refractivity contribution in [3.05, 3.63) is 0 Å². The number of unbranched alkanes of at least 4 members (excludes halogenated alkanes) is 1. The van der Waals surface area contributed by atoms with E-state index in [-0.39, 0.29) is 30.1 Å². The summed E-state index contributed by atoms with van der Waals surface area (Å²) >= 11 is 0. The van der Waals surface area contributed by atoms with E-state index in [0.717, 1.165) is 51.8 Å². The molecule has 1 fully saturated rings. The van der Waals surface area contributed by atoms with Crippen molar-refractivity contribution in [3.8, 4) is 0 Å². The molecule has 1 rings (SSSR count). The number of hydrogen-bond acceptors (Lipinski definition) is 3. The fraction of sp³-hybridized carbons (Fsp3) is 0.941. The predicted molar refractivity (Wildman–Crippen MR) is 110 cm³/mol. The van der Waals surface area contributed by atoms with Crippen LogP contribution >= 0.6 is 24.0 Å². The molecule has 5 nitrogen and oxygen atoms in total. The smallest absolute Gasteiger partial charge is 0.193 e. The molecule has 0 saturated carbocycles. The highest BCUT2D eigenvalue weighted by Gasteiger charge is 2.21. The molecule has 1 saturated heterocycles. The molecule has 1 N–H and O–H groups in total. The molecule has 0 aromatic carbocycles. The van der Waals surface area contributed by atoms with Gasteiger partial charge < -0.3 is 15.0 Å². The molecular formula is C17H37IN4O. The molecule has 23 heavy (non-hydrogen) atoms. The lowest BCUT2D eigenvalue weighted by Crippen LogP contribution is -2.46. The van der Waals surface area contributed by atoms with Gasteiger partial charge in [-0.1, -0.05) is 27.2 Å². The first-order valence-corrected chi connectivity index (χ1v) is 8.90. The van der Waals surface area contributed by atoms with Crippen LogP contribution in [-0.4, -0.2) is 74.8 Å². The third-order valence-corrected chi connectivity index (χ3v) is 3.83. The summed E-state index contributed by atoms with van der Waals surface area (Å²) in [5, 5.41) is 3.38. The number of ether oxygens (including phenoxy) is 1. The summed E-state index contributed by atoms with van der Waals surface area (Å²) in [5.41, 5.74) is 0. The van der Waals surface area contributed by atoms with Crippen molar-refractivity contribution in [2.75, 3.05) is 52.9 Å². The van der Waals surface area contributed by atoms with Crippen molar-refractivity contribution < 1.29 is 4.74 Å². The van der Waals surface area contributed by atoms with Crippen LogP contribution in [0.4, 0.5) is 0 Å². The summed E-state index contributed by atoms with van der Waals surface area (Å²) in [6.45, 7) is 15.6. The average molecular weight is 440 g/mol. The summed E-state index contributed by atoms with van der Waals surface area (Å²) in [7, 11) is 2.12. The second kappa shape index (κ2) is 13.2. The van der Waals surface area contributed by atoms with Crippen molar-refractivity contribution in [1.82, 2.24) is 15.1 Å². The number of guanidine groups is 1. The highest BCUT2D eigenvalue weighted by Crippen LogP contribution is 2.08. The normalized spacial score (nSPS) is 19.6. The fourth-order valence-corrected chi connectivity index (χ4v) is 2.73. The van der Waals surface area contributed by atoms with Gasteiger partial charge in [-0.05, 0) is 19.3 Å². The van der Waals surface area contributed by atoms with Gasteiger partial charge in [-0.15, -0.1) is 24.0 Å². The molecule has 0 radical (unpaired) electrons. The van der Waals surface area contributed by atoms with E-state index in [1.807, 2.05) is 0 Å². The fourth-order valence-electron chi connectivity index (χ4n) is 2.73. The molecule has 6 heteroatoms. The van der Waals surface area contributed by atoms with Crippen LogP contribution in [-0.2, 0) is 4.74 Å². The van der Waals surface area contributed by atoms with Crippen LogP contribution < -0.4 is 5.32 Å². The lowest BCUT2D eigenvalue weighted by atomic mass is 10.2. The Balaban J connectivity index is 0.00000484. The van der Waals surface area contributed by atoms with E-state index >= 15 is 0 Å². The minimum Gasteiger partial charge on any atom is -0.374 e. The first-order valence-electron chi connectivity index (χ1n) is 8.90. The lowest BCUT2D eigenvalue weighted by molar-refractivity contribution is -0.0262. The number of rotatable bonds is 8. The van der Waals surface area contributed by atoms with E-state index < -0.39 is 0 Å². The Morgan fingerprint density at radius 2 is 2.13 bits per heavy atom. The zero-order valence-corrected chi connectivity index (χ0v) is 18.0. The van der Waals surface area contributed by atoms with Crippen LogP contribution in [0.3, 0.4) is 0 Å². The van der Waals surface area contributed by atoms with Gasteiger partial charge in [0.2, 0.25) is 0 Å². The SMILES string of the molecule is CCCCN(C)C(=NCC1CN(CC(C)C)CCO1)NCC.I. The van der Waals surface area contributed by atoms with Gasteiger partial charge in [-0.2, -0.15) is 0 Å². The second-order valence-electron chi connectivity index (χ2n) is 6.62. The van der Waals surface area contributed by atoms with Crippen LogP contribution in [0, 0.1) is 5.92 Å². The first kappa shape index (κ1) is 22.9. The Kier molecular flexibility index (Phi) is 13.2. The van der Waals surface area contributed by atoms with Crippen molar-refractivity contribution in [1.29, 1.82) is 0 Å². The molecule has 1 unspecified atom stereocenters. The van der Waals surface area contributed by atoms with Gasteiger partial charge in [-0.25, -0.2) is 0 Å². The molecule has 0 bridgehead atoms. The lowest BCUT2D eigenvalue weighted by Gasteiger charge is -2.33. The Morgan fingerprint density at radius 1 is 1.39 bits per heavy atom. The molecule has 0 aliphatic carbocycles. The van der Waals surface area contributed by atoms with E-state index in [9.17, 15) is 0 Å². The molecule has 1 aliphatic heterocycles. The molecule has 1 atom stereocenters. The maximum Gasteiger partial charge on any atom is 0.193 e. The summed E-state index contributed by atoms with van der Waals surface area (Å²) in [6, 6.07) is 0. The minimum absolute atomic E-state index is 0. The van der Waals surface area contributed by atoms with E-state index in [2.05, 4.69) is 49.9 Å². The summed E-state index contributed by atoms with van der Waals surface area (Å²) in [6.07, 6.45) is 2.63. The number of hydrogen-bond donors (Lipinski definition) is 1. The van der Waals surface area contributed by atoms with Crippen LogP contribution in [0.5, 0.6) is 0 Å². The molecular weight excluding hydrogens is 403 g/mol. The van der Waals surface area contributed by atoms with E-state index in [1.165, 1.54) is 12.8 Å². The Bertz CT molecular complexity index is 326.